The van der Waals surface area contributed by atoms with Crippen LogP contribution in [0, 0.1) is 0 Å². The summed E-state index contributed by atoms with van der Waals surface area (Å²) < 4.78 is 11.1. The number of benzene rings is 7. The van der Waals surface area contributed by atoms with Gasteiger partial charge in [0.25, 0.3) is 0 Å². The minimum Gasteiger partial charge on any atom is -0.458 e. The van der Waals surface area contributed by atoms with Crippen LogP contribution in [0.2, 0.25) is 0 Å². The molecule has 0 unspecified atom stereocenters. The van der Waals surface area contributed by atoms with Gasteiger partial charge in [-0.2, -0.15) is 0 Å². The fraction of sp³-hybridized carbons (Fsp3) is 0.0943. The molecule has 2 aromatic heterocycles. The summed E-state index contributed by atoms with van der Waals surface area (Å²) in [6, 6.07) is 62.0. The molecule has 0 fully saturated rings. The Morgan fingerprint density at radius 3 is 1.90 bits per heavy atom. The van der Waals surface area contributed by atoms with Crippen molar-refractivity contribution in [3.63, 3.8) is 0 Å². The maximum absolute atomic E-state index is 6.77. The van der Waals surface area contributed by atoms with Gasteiger partial charge in [0.2, 0.25) is 6.34 Å². The van der Waals surface area contributed by atoms with E-state index in [4.69, 9.17) is 9.72 Å². The lowest BCUT2D eigenvalue weighted by Crippen LogP contribution is -2.21. The Labute approximate surface area is 339 Å². The fourth-order valence-corrected chi connectivity index (χ4v) is 8.34. The highest BCUT2D eigenvalue weighted by atomic mass is 16.5. The summed E-state index contributed by atoms with van der Waals surface area (Å²) in [6.45, 7) is 6.70. The van der Waals surface area contributed by atoms with E-state index in [-0.39, 0.29) is 5.41 Å². The molecule has 9 aromatic rings. The van der Waals surface area contributed by atoms with Gasteiger partial charge in [-0.05, 0) is 86.8 Å². The second-order valence-corrected chi connectivity index (χ2v) is 15.9. The number of fused-ring (bicyclic) bond motifs is 10. The lowest BCUT2D eigenvalue weighted by molar-refractivity contribution is -0.399. The van der Waals surface area contributed by atoms with E-state index in [1.165, 1.54) is 27.6 Å². The maximum atomic E-state index is 6.77. The number of para-hydroxylation sites is 3. The first-order chi connectivity index (χ1) is 28.3. The van der Waals surface area contributed by atoms with Crippen LogP contribution in [0.25, 0.3) is 61.0 Å². The molecule has 58 heavy (non-hydrogen) atoms. The van der Waals surface area contributed by atoms with E-state index in [0.29, 0.717) is 0 Å². The molecule has 0 N–H and O–H groups in total. The SMILES string of the molecule is C[N+]1=[C-]N(c2cccc(Oc3ccc4c5ccccc5n(-c5cc(C(C)(C)C)ccn5)c4c3)c2)c2ccccc2-c2ccccc2-c2ccccc2-c2ccccc21. The van der Waals surface area contributed by atoms with Gasteiger partial charge in [0.05, 0.1) is 35.1 Å². The van der Waals surface area contributed by atoms with E-state index < -0.39 is 0 Å². The summed E-state index contributed by atoms with van der Waals surface area (Å²) in [5.74, 6) is 2.35. The fourth-order valence-electron chi connectivity index (χ4n) is 8.34. The Balaban J connectivity index is 1.11. The molecule has 280 valence electrons. The molecule has 10 rings (SSSR count). The molecule has 3 heterocycles. The molecule has 0 bridgehead atoms. The maximum Gasteiger partial charge on any atom is 0.245 e. The summed E-state index contributed by atoms with van der Waals surface area (Å²) in [4.78, 5) is 7.03. The van der Waals surface area contributed by atoms with Gasteiger partial charge in [-0.15, -0.1) is 0 Å². The molecule has 5 nitrogen and oxygen atoms in total. The van der Waals surface area contributed by atoms with Gasteiger partial charge >= 0.3 is 0 Å². The predicted molar refractivity (Wildman–Crippen MR) is 240 cm³/mol. The zero-order valence-electron chi connectivity index (χ0n) is 33.0. The molecule has 1 aliphatic heterocycles. The summed E-state index contributed by atoms with van der Waals surface area (Å²) >= 11 is 0. The minimum absolute atomic E-state index is 0.0121. The number of nitrogens with zero attached hydrogens (tertiary/aromatic N) is 4. The molecule has 0 saturated heterocycles. The van der Waals surface area contributed by atoms with Crippen molar-refractivity contribution in [3.05, 3.63) is 188 Å². The van der Waals surface area contributed by atoms with Crippen molar-refractivity contribution >= 4 is 45.2 Å². The Hall–Kier alpha value is -7.24. The van der Waals surface area contributed by atoms with Crippen molar-refractivity contribution in [2.45, 2.75) is 26.2 Å². The number of anilines is 2. The molecule has 0 saturated carbocycles. The molecule has 0 spiro atoms. The topological polar surface area (TPSA) is 33.3 Å². The van der Waals surface area contributed by atoms with Crippen molar-refractivity contribution in [1.82, 2.24) is 9.55 Å². The molecule has 0 amide bonds. The largest absolute Gasteiger partial charge is 0.458 e. The molecule has 7 aromatic carbocycles. The molecule has 0 radical (unpaired) electrons. The second-order valence-electron chi connectivity index (χ2n) is 15.9. The van der Waals surface area contributed by atoms with Crippen LogP contribution in [0.1, 0.15) is 26.3 Å². The lowest BCUT2D eigenvalue weighted by Gasteiger charge is -2.25. The highest BCUT2D eigenvalue weighted by Gasteiger charge is 2.22. The molecular weight excluding hydrogens is 709 g/mol. The van der Waals surface area contributed by atoms with Crippen LogP contribution < -0.4 is 9.64 Å². The summed E-state index contributed by atoms with van der Waals surface area (Å²) in [5, 5.41) is 2.32. The summed E-state index contributed by atoms with van der Waals surface area (Å²) in [5.41, 5.74) is 13.3. The van der Waals surface area contributed by atoms with Crippen LogP contribution in [-0.4, -0.2) is 27.5 Å². The first-order valence-corrected chi connectivity index (χ1v) is 19.8. The van der Waals surface area contributed by atoms with Gasteiger partial charge in [-0.25, -0.2) is 4.98 Å². The normalized spacial score (nSPS) is 12.6. The van der Waals surface area contributed by atoms with Crippen LogP contribution in [0.15, 0.2) is 182 Å². The average Bonchev–Trinajstić information content (AvgIpc) is 3.58. The Morgan fingerprint density at radius 1 is 0.534 bits per heavy atom. The van der Waals surface area contributed by atoms with E-state index in [2.05, 4.69) is 218 Å². The smallest absolute Gasteiger partial charge is 0.245 e. The summed E-state index contributed by atoms with van der Waals surface area (Å²) in [6.07, 6.45) is 5.69. The van der Waals surface area contributed by atoms with Gasteiger partial charge < -0.3 is 14.2 Å². The lowest BCUT2D eigenvalue weighted by atomic mass is 9.88. The van der Waals surface area contributed by atoms with Gasteiger partial charge in [0.1, 0.15) is 17.3 Å². The van der Waals surface area contributed by atoms with Gasteiger partial charge in [-0.3, -0.25) is 4.57 Å². The number of hydrogen-bond acceptors (Lipinski definition) is 3. The van der Waals surface area contributed by atoms with Crippen molar-refractivity contribution in [3.8, 4) is 50.7 Å². The molecule has 0 atom stereocenters. The zero-order valence-corrected chi connectivity index (χ0v) is 33.0. The van der Waals surface area contributed by atoms with Gasteiger partial charge in [0.15, 0.2) is 0 Å². The first kappa shape index (κ1) is 35.2. The molecular formula is C53H42N4O. The number of hydrogen-bond donors (Lipinski definition) is 0. The highest BCUT2D eigenvalue weighted by molar-refractivity contribution is 6.09. The van der Waals surface area contributed by atoms with Crippen LogP contribution in [0.5, 0.6) is 11.5 Å². The van der Waals surface area contributed by atoms with Crippen molar-refractivity contribution in [2.24, 2.45) is 0 Å². The quantitative estimate of drug-likeness (QED) is 0.133. The molecule has 1 aliphatic rings. The van der Waals surface area contributed by atoms with E-state index in [1.807, 2.05) is 12.3 Å². The monoisotopic (exact) mass is 750 g/mol. The second kappa shape index (κ2) is 14.1. The van der Waals surface area contributed by atoms with E-state index in [0.717, 1.165) is 67.5 Å². The number of aromatic nitrogens is 2. The zero-order chi connectivity index (χ0) is 39.4. The highest BCUT2D eigenvalue weighted by Crippen LogP contribution is 2.45. The number of ether oxygens (including phenoxy) is 1. The average molecular weight is 751 g/mol. The van der Waals surface area contributed by atoms with Gasteiger partial charge in [0, 0.05) is 23.0 Å². The van der Waals surface area contributed by atoms with Gasteiger partial charge in [-0.1, -0.05) is 148 Å². The Kier molecular flexibility index (Phi) is 8.53. The standard InChI is InChI=1S/C53H42N4O/c1-53(2,3)36-30-31-54-52(32-36)57-50-27-14-11-24-46(50)47-29-28-39(34-51(47)57)58-38-17-15-16-37(33-38)56-35-55(4)48-25-12-9-22-44(48)42-20-7-5-18-40(42)41-19-6-8-21-43(41)45-23-10-13-26-49(45)56/h5-34H,1-4H3. The summed E-state index contributed by atoms with van der Waals surface area (Å²) in [7, 11) is 2.07. The third kappa shape index (κ3) is 6.12. The number of rotatable bonds is 4. The van der Waals surface area contributed by atoms with Crippen LogP contribution in [0.4, 0.5) is 17.1 Å². The molecule has 5 heteroatoms. The third-order valence-electron chi connectivity index (χ3n) is 11.2. The third-order valence-corrected chi connectivity index (χ3v) is 11.2. The predicted octanol–water partition coefficient (Wildman–Crippen LogP) is 13.6. The molecule has 0 aliphatic carbocycles. The van der Waals surface area contributed by atoms with Crippen molar-refractivity contribution in [1.29, 1.82) is 0 Å². The van der Waals surface area contributed by atoms with Crippen LogP contribution in [0.3, 0.4) is 0 Å². The Morgan fingerprint density at radius 2 is 1.14 bits per heavy atom. The minimum atomic E-state index is -0.0121. The number of pyridine rings is 1. The van der Waals surface area contributed by atoms with E-state index in [1.54, 1.807) is 0 Å². The first-order valence-electron chi connectivity index (χ1n) is 19.8. The van der Waals surface area contributed by atoms with Crippen LogP contribution in [-0.2, 0) is 5.41 Å². The Bertz CT molecular complexity index is 3060. The van der Waals surface area contributed by atoms with Crippen molar-refractivity contribution in [2.75, 3.05) is 11.9 Å². The van der Waals surface area contributed by atoms with E-state index >= 15 is 0 Å². The van der Waals surface area contributed by atoms with E-state index in [9.17, 15) is 0 Å². The van der Waals surface area contributed by atoms with Crippen LogP contribution >= 0.6 is 0 Å². The van der Waals surface area contributed by atoms with Crippen molar-refractivity contribution < 1.29 is 9.31 Å².